The van der Waals surface area contributed by atoms with Gasteiger partial charge in [0.2, 0.25) is 0 Å². The zero-order valence-corrected chi connectivity index (χ0v) is 27.4. The summed E-state index contributed by atoms with van der Waals surface area (Å²) in [4.78, 5) is 20.2. The van der Waals surface area contributed by atoms with Gasteiger partial charge in [0.1, 0.15) is 11.6 Å². The van der Waals surface area contributed by atoms with Crippen LogP contribution in [0.5, 0.6) is 0 Å². The summed E-state index contributed by atoms with van der Waals surface area (Å²) < 4.78 is 27.1. The van der Waals surface area contributed by atoms with E-state index in [9.17, 15) is 8.78 Å². The third kappa shape index (κ3) is 5.71. The molecule has 0 N–H and O–H groups in total. The first-order chi connectivity index (χ1) is 24.6. The highest BCUT2D eigenvalue weighted by Gasteiger charge is 2.12. The molecule has 4 heterocycles. The van der Waals surface area contributed by atoms with Gasteiger partial charge < -0.3 is 0 Å². The summed E-state index contributed by atoms with van der Waals surface area (Å²) in [5, 5.41) is 3.94. The van der Waals surface area contributed by atoms with E-state index in [1.165, 1.54) is 24.3 Å². The lowest BCUT2D eigenvalue weighted by atomic mass is 10.0. The number of hydrogen-bond acceptors (Lipinski definition) is 4. The van der Waals surface area contributed by atoms with Gasteiger partial charge in [-0.1, -0.05) is 80.6 Å². The third-order valence-corrected chi connectivity index (χ3v) is 8.77. The second kappa shape index (κ2) is 12.9. The smallest absolute Gasteiger partial charge is 0.123 e. The topological polar surface area (TPSA) is 51.6 Å². The van der Waals surface area contributed by atoms with Gasteiger partial charge in [0.25, 0.3) is 0 Å². The largest absolute Gasteiger partial charge is 0.245 e. The van der Waals surface area contributed by atoms with E-state index in [1.54, 1.807) is 24.3 Å². The number of halogens is 2. The molecule has 0 unspecified atom stereocenters. The maximum atomic E-state index is 13.6. The van der Waals surface area contributed by atoms with Gasteiger partial charge in [-0.15, -0.1) is 0 Å². The molecule has 0 spiro atoms. The van der Waals surface area contributed by atoms with Gasteiger partial charge in [-0.05, 0) is 78.9 Å². The molecule has 0 fully saturated rings. The molecule has 240 valence electrons. The van der Waals surface area contributed by atoms with Crippen LogP contribution in [-0.4, -0.2) is 19.9 Å². The monoisotopic (exact) mass is 652 g/mol. The second-order valence-electron chi connectivity index (χ2n) is 11.8. The van der Waals surface area contributed by atoms with Crippen molar-refractivity contribution in [1.82, 2.24) is 19.9 Å². The molecule has 4 nitrogen and oxygen atoms in total. The highest BCUT2D eigenvalue weighted by atomic mass is 19.1. The fourth-order valence-corrected chi connectivity index (χ4v) is 6.26. The zero-order chi connectivity index (χ0) is 34.2. The lowest BCUT2D eigenvalue weighted by Gasteiger charge is -2.10. The third-order valence-electron chi connectivity index (χ3n) is 8.77. The molecule has 0 saturated carbocycles. The molecule has 50 heavy (non-hydrogen) atoms. The van der Waals surface area contributed by atoms with E-state index >= 15 is 0 Å². The number of fused-ring (bicyclic) bond motifs is 6. The standard InChI is InChI=1S/C42H24F2N4.C2H6/c43-33-16-8-25(9-17-33)35-20-12-27-4-6-29-14-22-37(47-41(29)39(27)45-35)31-2-1-3-32(24-31)38-23-15-30-7-5-28-13-21-36(46-40(28)42(30)48-38)26-10-18-34(44)19-11-26;1-2/h1-24H;1-2H3. The second-order valence-corrected chi connectivity index (χ2v) is 11.8. The fourth-order valence-electron chi connectivity index (χ4n) is 6.26. The van der Waals surface area contributed by atoms with Crippen LogP contribution >= 0.6 is 0 Å². The number of hydrogen-bond donors (Lipinski definition) is 0. The summed E-state index contributed by atoms with van der Waals surface area (Å²) in [5.41, 5.74) is 9.96. The molecular formula is C44H30F2N4. The van der Waals surface area contributed by atoms with Gasteiger partial charge in [0.05, 0.1) is 44.8 Å². The van der Waals surface area contributed by atoms with E-state index in [0.717, 1.165) is 88.6 Å². The Bertz CT molecular complexity index is 2500. The Morgan fingerprint density at radius 1 is 0.320 bits per heavy atom. The average molecular weight is 653 g/mol. The van der Waals surface area contributed by atoms with Gasteiger partial charge in [-0.2, -0.15) is 0 Å². The molecule has 0 atom stereocenters. The van der Waals surface area contributed by atoms with E-state index in [4.69, 9.17) is 19.9 Å². The van der Waals surface area contributed by atoms with E-state index in [2.05, 4.69) is 30.3 Å². The van der Waals surface area contributed by atoms with Crippen LogP contribution in [0.2, 0.25) is 0 Å². The number of benzene rings is 5. The van der Waals surface area contributed by atoms with Crippen LogP contribution in [-0.2, 0) is 0 Å². The molecule has 0 aliphatic heterocycles. The van der Waals surface area contributed by atoms with E-state index in [0.29, 0.717) is 0 Å². The normalized spacial score (nSPS) is 11.2. The van der Waals surface area contributed by atoms with Crippen molar-refractivity contribution in [3.05, 3.63) is 157 Å². The molecule has 9 rings (SSSR count). The number of nitrogens with zero attached hydrogens (tertiary/aromatic N) is 4. The Kier molecular flexibility index (Phi) is 7.97. The Morgan fingerprint density at radius 2 is 0.600 bits per heavy atom. The van der Waals surface area contributed by atoms with Crippen LogP contribution in [0.3, 0.4) is 0 Å². The Hall–Kier alpha value is -6.40. The van der Waals surface area contributed by atoms with Crippen LogP contribution in [0.15, 0.2) is 146 Å². The van der Waals surface area contributed by atoms with Gasteiger partial charge in [-0.25, -0.2) is 28.7 Å². The maximum Gasteiger partial charge on any atom is 0.123 e. The highest BCUT2D eigenvalue weighted by molar-refractivity contribution is 6.05. The predicted octanol–water partition coefficient (Wildman–Crippen LogP) is 11.9. The maximum absolute atomic E-state index is 13.6. The Labute approximate surface area is 287 Å². The Balaban J connectivity index is 0.00000177. The molecule has 5 aromatic carbocycles. The number of pyridine rings is 4. The van der Waals surface area contributed by atoms with E-state index in [-0.39, 0.29) is 11.6 Å². The summed E-state index contributed by atoms with van der Waals surface area (Å²) >= 11 is 0. The van der Waals surface area contributed by atoms with Crippen molar-refractivity contribution < 1.29 is 8.78 Å². The van der Waals surface area contributed by atoms with Crippen molar-refractivity contribution in [2.24, 2.45) is 0 Å². The molecule has 0 amide bonds. The first-order valence-corrected chi connectivity index (χ1v) is 16.6. The first kappa shape index (κ1) is 30.9. The lowest BCUT2D eigenvalue weighted by molar-refractivity contribution is 0.627. The van der Waals surface area contributed by atoms with Crippen LogP contribution in [0.1, 0.15) is 13.8 Å². The van der Waals surface area contributed by atoms with Gasteiger partial charge >= 0.3 is 0 Å². The van der Waals surface area contributed by atoms with Crippen LogP contribution in [0.4, 0.5) is 8.78 Å². The number of aromatic nitrogens is 4. The summed E-state index contributed by atoms with van der Waals surface area (Å²) in [6, 6.07) is 45.3. The van der Waals surface area contributed by atoms with Crippen LogP contribution in [0.25, 0.3) is 88.6 Å². The van der Waals surface area contributed by atoms with Gasteiger partial charge in [-0.3, -0.25) is 0 Å². The Morgan fingerprint density at radius 3 is 0.920 bits per heavy atom. The summed E-state index contributed by atoms with van der Waals surface area (Å²) in [6.45, 7) is 4.00. The first-order valence-electron chi connectivity index (χ1n) is 16.6. The van der Waals surface area contributed by atoms with Gasteiger partial charge in [0, 0.05) is 43.8 Å². The molecule has 9 aromatic rings. The molecule has 0 aliphatic carbocycles. The SMILES string of the molecule is CC.Fc1ccc(-c2ccc3ccc4ccc(-c5cccc(-c6ccc7ccc8ccc(-c9ccc(F)cc9)nc8c7n6)c5)nc4c3n2)cc1. The fraction of sp³-hybridized carbons (Fsp3) is 0.0455. The summed E-state index contributed by atoms with van der Waals surface area (Å²) in [7, 11) is 0. The molecule has 6 heteroatoms. The van der Waals surface area contributed by atoms with Crippen molar-refractivity contribution in [3.63, 3.8) is 0 Å². The molecule has 0 saturated heterocycles. The quantitative estimate of drug-likeness (QED) is 0.178. The minimum atomic E-state index is -0.279. The molecule has 0 aliphatic rings. The summed E-state index contributed by atoms with van der Waals surface area (Å²) in [5.74, 6) is -0.558. The van der Waals surface area contributed by atoms with Crippen LogP contribution in [0, 0.1) is 11.6 Å². The minimum Gasteiger partial charge on any atom is -0.245 e. The molecule has 0 bridgehead atoms. The highest BCUT2D eigenvalue weighted by Crippen LogP contribution is 2.32. The van der Waals surface area contributed by atoms with Gasteiger partial charge in [0.15, 0.2) is 0 Å². The number of rotatable bonds is 4. The van der Waals surface area contributed by atoms with E-state index in [1.807, 2.05) is 80.6 Å². The van der Waals surface area contributed by atoms with Crippen molar-refractivity contribution in [3.8, 4) is 45.0 Å². The van der Waals surface area contributed by atoms with Crippen LogP contribution < -0.4 is 0 Å². The predicted molar refractivity (Wildman–Crippen MR) is 201 cm³/mol. The van der Waals surface area contributed by atoms with Crippen molar-refractivity contribution in [2.45, 2.75) is 13.8 Å². The van der Waals surface area contributed by atoms with Crippen molar-refractivity contribution in [1.29, 1.82) is 0 Å². The zero-order valence-electron chi connectivity index (χ0n) is 27.4. The average Bonchev–Trinajstić information content (AvgIpc) is 3.18. The van der Waals surface area contributed by atoms with E-state index < -0.39 is 0 Å². The van der Waals surface area contributed by atoms with Crippen molar-refractivity contribution >= 4 is 43.6 Å². The molecule has 0 radical (unpaired) electrons. The molecule has 4 aromatic heterocycles. The van der Waals surface area contributed by atoms with Crippen molar-refractivity contribution in [2.75, 3.05) is 0 Å². The summed E-state index contributed by atoms with van der Waals surface area (Å²) in [6.07, 6.45) is 0. The lowest BCUT2D eigenvalue weighted by Crippen LogP contribution is -1.92. The minimum absolute atomic E-state index is 0.279. The molecular weight excluding hydrogens is 623 g/mol.